The Kier molecular flexibility index (Phi) is 4.74. The number of pyridine rings is 1. The van der Waals surface area contributed by atoms with Crippen molar-refractivity contribution >= 4 is 27.5 Å². The number of carbonyl (C=O) groups is 1. The highest BCUT2D eigenvalue weighted by atomic mass is 79.9. The van der Waals surface area contributed by atoms with Crippen LogP contribution in [0, 0.1) is 6.92 Å². The van der Waals surface area contributed by atoms with Gasteiger partial charge in [0.2, 0.25) is 5.88 Å². The second-order valence-electron chi connectivity index (χ2n) is 4.16. The van der Waals surface area contributed by atoms with Gasteiger partial charge in [-0.25, -0.2) is 4.98 Å². The summed E-state index contributed by atoms with van der Waals surface area (Å²) in [6.45, 7) is 4.26. The number of anilines is 1. The number of halogens is 1. The molecule has 0 aliphatic carbocycles. The van der Waals surface area contributed by atoms with Crippen LogP contribution in [0.25, 0.3) is 0 Å². The highest BCUT2D eigenvalue weighted by Crippen LogP contribution is 2.24. The lowest BCUT2D eigenvalue weighted by atomic mass is 10.1. The van der Waals surface area contributed by atoms with Gasteiger partial charge in [0, 0.05) is 16.2 Å². The van der Waals surface area contributed by atoms with E-state index in [1.165, 1.54) is 0 Å². The average molecular weight is 335 g/mol. The zero-order chi connectivity index (χ0) is 14.5. The Balaban J connectivity index is 2.26. The zero-order valence-corrected chi connectivity index (χ0v) is 12.9. The first-order valence-corrected chi connectivity index (χ1v) is 7.07. The lowest BCUT2D eigenvalue weighted by Crippen LogP contribution is -2.14. The minimum absolute atomic E-state index is 0.183. The van der Waals surface area contributed by atoms with E-state index in [0.29, 0.717) is 23.7 Å². The summed E-state index contributed by atoms with van der Waals surface area (Å²) >= 11 is 3.42. The van der Waals surface area contributed by atoms with E-state index >= 15 is 0 Å². The van der Waals surface area contributed by atoms with E-state index < -0.39 is 0 Å². The Bertz CT molecular complexity index is 629. The fourth-order valence-electron chi connectivity index (χ4n) is 1.78. The first kappa shape index (κ1) is 14.5. The maximum Gasteiger partial charge on any atom is 0.256 e. The van der Waals surface area contributed by atoms with Crippen molar-refractivity contribution in [3.05, 3.63) is 52.1 Å². The first-order valence-electron chi connectivity index (χ1n) is 6.27. The van der Waals surface area contributed by atoms with E-state index in [0.717, 1.165) is 10.0 Å². The van der Waals surface area contributed by atoms with Crippen LogP contribution >= 0.6 is 15.9 Å². The lowest BCUT2D eigenvalue weighted by Gasteiger charge is -2.11. The molecule has 1 amide bonds. The number of hydrogen-bond donors (Lipinski definition) is 1. The molecule has 0 saturated carbocycles. The highest BCUT2D eigenvalue weighted by Gasteiger charge is 2.13. The van der Waals surface area contributed by atoms with Gasteiger partial charge in [0.1, 0.15) is 5.69 Å². The predicted octanol–water partition coefficient (Wildman–Crippen LogP) is 3.80. The Morgan fingerprint density at radius 3 is 2.90 bits per heavy atom. The van der Waals surface area contributed by atoms with Crippen molar-refractivity contribution in [3.8, 4) is 5.88 Å². The number of carbonyl (C=O) groups excluding carboxylic acids is 1. The van der Waals surface area contributed by atoms with Gasteiger partial charge in [-0.3, -0.25) is 4.79 Å². The number of amides is 1. The average Bonchev–Trinajstić information content (AvgIpc) is 2.44. The van der Waals surface area contributed by atoms with Gasteiger partial charge >= 0.3 is 0 Å². The second kappa shape index (κ2) is 6.52. The van der Waals surface area contributed by atoms with Crippen LogP contribution in [0.5, 0.6) is 5.88 Å². The van der Waals surface area contributed by atoms with Crippen molar-refractivity contribution in [2.75, 3.05) is 11.9 Å². The summed E-state index contributed by atoms with van der Waals surface area (Å²) in [5.41, 5.74) is 2.08. The molecule has 0 aliphatic heterocycles. The number of rotatable bonds is 4. The molecule has 4 nitrogen and oxygen atoms in total. The normalized spacial score (nSPS) is 10.2. The fraction of sp³-hybridized carbons (Fsp3) is 0.200. The highest BCUT2D eigenvalue weighted by molar-refractivity contribution is 9.10. The van der Waals surface area contributed by atoms with Gasteiger partial charge in [0.15, 0.2) is 0 Å². The molecule has 0 atom stereocenters. The van der Waals surface area contributed by atoms with Crippen molar-refractivity contribution in [2.45, 2.75) is 13.8 Å². The quantitative estimate of drug-likeness (QED) is 0.925. The molecular weight excluding hydrogens is 320 g/mol. The van der Waals surface area contributed by atoms with Gasteiger partial charge in [-0.15, -0.1) is 0 Å². The molecule has 104 valence electrons. The Morgan fingerprint density at radius 2 is 2.15 bits per heavy atom. The summed E-state index contributed by atoms with van der Waals surface area (Å²) in [7, 11) is 0. The fourth-order valence-corrected chi connectivity index (χ4v) is 2.15. The molecule has 0 unspecified atom stereocenters. The van der Waals surface area contributed by atoms with Crippen LogP contribution in [0.1, 0.15) is 22.8 Å². The summed E-state index contributed by atoms with van der Waals surface area (Å²) in [5.74, 6) is 0.244. The van der Waals surface area contributed by atoms with Crippen LogP contribution in [0.3, 0.4) is 0 Å². The van der Waals surface area contributed by atoms with Crippen molar-refractivity contribution in [1.82, 2.24) is 4.98 Å². The third-order valence-electron chi connectivity index (χ3n) is 2.81. The number of nitrogens with one attached hydrogen (secondary N) is 1. The molecule has 0 fully saturated rings. The standard InChI is InChI=1S/C15H15BrN2O2/c1-3-20-15-13(8-5-9-17-15)18-14(19)11-6-4-7-12(16)10(11)2/h4-9H,3H2,1-2H3,(H,18,19). The summed E-state index contributed by atoms with van der Waals surface area (Å²) in [4.78, 5) is 16.4. The van der Waals surface area contributed by atoms with Crippen LogP contribution in [-0.4, -0.2) is 17.5 Å². The Morgan fingerprint density at radius 1 is 1.35 bits per heavy atom. The Hall–Kier alpha value is -1.88. The van der Waals surface area contributed by atoms with Crippen LogP contribution in [0.4, 0.5) is 5.69 Å². The molecule has 0 saturated heterocycles. The van der Waals surface area contributed by atoms with Gasteiger partial charge in [-0.05, 0) is 43.7 Å². The largest absolute Gasteiger partial charge is 0.476 e. The number of benzene rings is 1. The minimum Gasteiger partial charge on any atom is -0.476 e. The van der Waals surface area contributed by atoms with Crippen LogP contribution in [0.15, 0.2) is 41.0 Å². The molecule has 1 heterocycles. The SMILES string of the molecule is CCOc1ncccc1NC(=O)c1cccc(Br)c1C. The molecule has 1 aromatic heterocycles. The Labute approximate surface area is 126 Å². The van der Waals surface area contributed by atoms with E-state index in [-0.39, 0.29) is 5.91 Å². The van der Waals surface area contributed by atoms with Gasteiger partial charge < -0.3 is 10.1 Å². The third-order valence-corrected chi connectivity index (χ3v) is 3.67. The zero-order valence-electron chi connectivity index (χ0n) is 11.3. The van der Waals surface area contributed by atoms with Crippen LogP contribution < -0.4 is 10.1 Å². The van der Waals surface area contributed by atoms with Gasteiger partial charge in [-0.1, -0.05) is 22.0 Å². The van der Waals surface area contributed by atoms with Gasteiger partial charge in [-0.2, -0.15) is 0 Å². The molecule has 5 heteroatoms. The molecule has 0 aliphatic rings. The maximum atomic E-state index is 12.3. The number of aromatic nitrogens is 1. The summed E-state index contributed by atoms with van der Waals surface area (Å²) in [6, 6.07) is 9.04. The monoisotopic (exact) mass is 334 g/mol. The smallest absolute Gasteiger partial charge is 0.256 e. The third kappa shape index (κ3) is 3.17. The van der Waals surface area contributed by atoms with Crippen LogP contribution in [0.2, 0.25) is 0 Å². The lowest BCUT2D eigenvalue weighted by molar-refractivity contribution is 0.102. The molecule has 2 rings (SSSR count). The number of hydrogen-bond acceptors (Lipinski definition) is 3. The molecule has 0 radical (unpaired) electrons. The summed E-state index contributed by atoms with van der Waals surface area (Å²) in [5, 5.41) is 2.83. The van der Waals surface area contributed by atoms with E-state index in [1.807, 2.05) is 26.0 Å². The summed E-state index contributed by atoms with van der Waals surface area (Å²) in [6.07, 6.45) is 1.63. The molecule has 0 spiro atoms. The van der Waals surface area contributed by atoms with E-state index in [1.54, 1.807) is 24.4 Å². The van der Waals surface area contributed by atoms with Crippen molar-refractivity contribution < 1.29 is 9.53 Å². The van der Waals surface area contributed by atoms with E-state index in [2.05, 4.69) is 26.2 Å². The van der Waals surface area contributed by atoms with Gasteiger partial charge in [0.25, 0.3) is 5.91 Å². The second-order valence-corrected chi connectivity index (χ2v) is 5.01. The molecule has 20 heavy (non-hydrogen) atoms. The summed E-state index contributed by atoms with van der Waals surface area (Å²) < 4.78 is 6.30. The first-order chi connectivity index (χ1) is 9.63. The van der Waals surface area contributed by atoms with Crippen molar-refractivity contribution in [2.24, 2.45) is 0 Å². The maximum absolute atomic E-state index is 12.3. The van der Waals surface area contributed by atoms with Crippen molar-refractivity contribution in [3.63, 3.8) is 0 Å². The number of ether oxygens (including phenoxy) is 1. The topological polar surface area (TPSA) is 51.2 Å². The number of nitrogens with zero attached hydrogens (tertiary/aromatic N) is 1. The van der Waals surface area contributed by atoms with E-state index in [4.69, 9.17) is 4.74 Å². The van der Waals surface area contributed by atoms with Gasteiger partial charge in [0.05, 0.1) is 6.61 Å². The minimum atomic E-state index is -0.183. The molecule has 0 bridgehead atoms. The van der Waals surface area contributed by atoms with Crippen LogP contribution in [-0.2, 0) is 0 Å². The molecule has 2 aromatic rings. The van der Waals surface area contributed by atoms with Crippen molar-refractivity contribution in [1.29, 1.82) is 0 Å². The molecular formula is C15H15BrN2O2. The van der Waals surface area contributed by atoms with E-state index in [9.17, 15) is 4.79 Å². The predicted molar refractivity (Wildman–Crippen MR) is 82.2 cm³/mol. The molecule has 1 aromatic carbocycles. The molecule has 1 N–H and O–H groups in total.